The molecule has 0 saturated heterocycles. The van der Waals surface area contributed by atoms with Gasteiger partial charge in [0, 0.05) is 11.1 Å². The largest absolute Gasteiger partial charge is 0.490 e. The van der Waals surface area contributed by atoms with Gasteiger partial charge in [-0.05, 0) is 56.0 Å². The highest BCUT2D eigenvalue weighted by atomic mass is 16.6. The van der Waals surface area contributed by atoms with Crippen LogP contribution in [0, 0.1) is 11.3 Å². The molecule has 170 valence electrons. The van der Waals surface area contributed by atoms with E-state index >= 15 is 0 Å². The van der Waals surface area contributed by atoms with Crippen LogP contribution in [0.4, 0.5) is 4.79 Å². The molecule has 1 atom stereocenters. The van der Waals surface area contributed by atoms with E-state index in [2.05, 4.69) is 21.5 Å². The van der Waals surface area contributed by atoms with Gasteiger partial charge in [0.2, 0.25) is 5.82 Å². The Kier molecular flexibility index (Phi) is 6.56. The van der Waals surface area contributed by atoms with E-state index < -0.39 is 6.09 Å². The molecule has 33 heavy (non-hydrogen) atoms. The van der Waals surface area contributed by atoms with Gasteiger partial charge in [0.1, 0.15) is 18.4 Å². The van der Waals surface area contributed by atoms with Gasteiger partial charge in [0.25, 0.3) is 5.89 Å². The number of aliphatic hydroxyl groups excluding tert-OH is 1. The van der Waals surface area contributed by atoms with Crippen LogP contribution < -0.4 is 10.1 Å². The predicted octanol–water partition coefficient (Wildman–Crippen LogP) is 3.77. The number of aromatic nitrogens is 2. The minimum absolute atomic E-state index is 0.0465. The number of nitriles is 1. The van der Waals surface area contributed by atoms with Crippen LogP contribution in [0.25, 0.3) is 22.8 Å². The third-order valence-corrected chi connectivity index (χ3v) is 5.26. The van der Waals surface area contributed by atoms with E-state index in [1.54, 1.807) is 18.2 Å². The zero-order valence-electron chi connectivity index (χ0n) is 18.4. The van der Waals surface area contributed by atoms with E-state index in [9.17, 15) is 10.1 Å². The van der Waals surface area contributed by atoms with Crippen LogP contribution in [0.1, 0.15) is 43.0 Å². The lowest BCUT2D eigenvalue weighted by atomic mass is 10.0. The molecule has 0 unspecified atom stereocenters. The molecule has 1 aliphatic carbocycles. The van der Waals surface area contributed by atoms with E-state index in [4.69, 9.17) is 19.1 Å². The van der Waals surface area contributed by atoms with Gasteiger partial charge in [-0.1, -0.05) is 23.4 Å². The number of carbonyl (C=O) groups excluding carboxylic acids is 1. The lowest BCUT2D eigenvalue weighted by molar-refractivity contribution is 0.116. The van der Waals surface area contributed by atoms with E-state index in [1.165, 1.54) is 0 Å². The molecule has 4 rings (SSSR count). The first kappa shape index (κ1) is 22.3. The second-order valence-electron chi connectivity index (χ2n) is 7.88. The number of carbonyl (C=O) groups is 1. The highest BCUT2D eigenvalue weighted by Gasteiger charge is 2.28. The van der Waals surface area contributed by atoms with Gasteiger partial charge in [-0.25, -0.2) is 4.79 Å². The second-order valence-corrected chi connectivity index (χ2v) is 7.88. The monoisotopic (exact) mass is 448 g/mol. The van der Waals surface area contributed by atoms with Gasteiger partial charge in [-0.3, -0.25) is 0 Å². The van der Waals surface area contributed by atoms with E-state index in [0.29, 0.717) is 35.0 Å². The van der Waals surface area contributed by atoms with Crippen molar-refractivity contribution in [3.05, 3.63) is 53.1 Å². The zero-order valence-corrected chi connectivity index (χ0v) is 18.4. The molecule has 1 amide bonds. The highest BCUT2D eigenvalue weighted by Crippen LogP contribution is 2.37. The zero-order chi connectivity index (χ0) is 23.4. The van der Waals surface area contributed by atoms with Crippen molar-refractivity contribution in [1.29, 1.82) is 5.26 Å². The standard InChI is InChI=1S/C24H24N4O5/c1-14(2)32-21-9-6-15(12-16(21)13-25)23-27-22(28-33-23)19-5-3-4-18-17(19)7-8-20(18)26-24(30)31-11-10-29/h3-6,9,12,14,20,29H,7-8,10-11H2,1-2H3,(H,26,30)/t20-/m1/s1. The van der Waals surface area contributed by atoms with E-state index in [-0.39, 0.29) is 25.4 Å². The molecule has 0 fully saturated rings. The maximum Gasteiger partial charge on any atom is 0.407 e. The summed E-state index contributed by atoms with van der Waals surface area (Å²) in [6.45, 7) is 3.53. The van der Waals surface area contributed by atoms with Crippen molar-refractivity contribution in [2.45, 2.75) is 38.8 Å². The molecule has 9 heteroatoms. The number of aliphatic hydroxyl groups is 1. The van der Waals surface area contributed by atoms with Crippen molar-refractivity contribution < 1.29 is 23.9 Å². The Morgan fingerprint density at radius 1 is 1.36 bits per heavy atom. The summed E-state index contributed by atoms with van der Waals surface area (Å²) in [6, 6.07) is 12.9. The fourth-order valence-corrected chi connectivity index (χ4v) is 3.89. The molecule has 0 bridgehead atoms. The Morgan fingerprint density at radius 3 is 2.97 bits per heavy atom. The lowest BCUT2D eigenvalue weighted by Crippen LogP contribution is -2.28. The van der Waals surface area contributed by atoms with Gasteiger partial charge in [0.15, 0.2) is 0 Å². The molecule has 2 N–H and O–H groups in total. The summed E-state index contributed by atoms with van der Waals surface area (Å²) < 4.78 is 16.1. The summed E-state index contributed by atoms with van der Waals surface area (Å²) in [7, 11) is 0. The van der Waals surface area contributed by atoms with Gasteiger partial charge in [-0.2, -0.15) is 10.2 Å². The van der Waals surface area contributed by atoms with Gasteiger partial charge in [0.05, 0.1) is 24.3 Å². The number of ether oxygens (including phenoxy) is 2. The molecule has 3 aromatic rings. The fourth-order valence-electron chi connectivity index (χ4n) is 3.89. The molecule has 1 aromatic heterocycles. The van der Waals surface area contributed by atoms with E-state index in [1.807, 2.05) is 32.0 Å². The Balaban J connectivity index is 1.58. The minimum atomic E-state index is -0.563. The predicted molar refractivity (Wildman–Crippen MR) is 118 cm³/mol. The number of benzene rings is 2. The molecule has 0 saturated carbocycles. The molecular formula is C24H24N4O5. The molecule has 1 aliphatic rings. The lowest BCUT2D eigenvalue weighted by Gasteiger charge is -2.14. The van der Waals surface area contributed by atoms with Gasteiger partial charge < -0.3 is 24.4 Å². The topological polar surface area (TPSA) is 130 Å². The Bertz CT molecular complexity index is 1200. The van der Waals surface area contributed by atoms with Crippen LogP contribution in [-0.2, 0) is 11.2 Å². The van der Waals surface area contributed by atoms with Gasteiger partial charge in [-0.15, -0.1) is 0 Å². The molecule has 2 aromatic carbocycles. The Labute approximate surface area is 190 Å². The molecule has 0 aliphatic heterocycles. The van der Waals surface area contributed by atoms with Crippen LogP contribution in [-0.4, -0.2) is 40.7 Å². The first-order chi connectivity index (χ1) is 16.0. The average molecular weight is 448 g/mol. The molecule has 0 radical (unpaired) electrons. The number of rotatable bonds is 7. The summed E-state index contributed by atoms with van der Waals surface area (Å²) in [5.41, 5.74) is 3.86. The van der Waals surface area contributed by atoms with Crippen LogP contribution >= 0.6 is 0 Å². The SMILES string of the molecule is CC(C)Oc1ccc(-c2nc(-c3cccc4c3CC[C@H]4NC(=O)OCCO)no2)cc1C#N. The number of fused-ring (bicyclic) bond motifs is 1. The van der Waals surface area contributed by atoms with Crippen LogP contribution in [0.3, 0.4) is 0 Å². The van der Waals surface area contributed by atoms with E-state index in [0.717, 1.165) is 23.1 Å². The van der Waals surface area contributed by atoms with Crippen LogP contribution in [0.2, 0.25) is 0 Å². The Hall–Kier alpha value is -3.90. The minimum Gasteiger partial charge on any atom is -0.490 e. The number of nitrogens with one attached hydrogen (secondary N) is 1. The fraction of sp³-hybridized carbons (Fsp3) is 0.333. The third kappa shape index (κ3) is 4.81. The maximum absolute atomic E-state index is 11.9. The van der Waals surface area contributed by atoms with Crippen molar-refractivity contribution in [3.63, 3.8) is 0 Å². The van der Waals surface area contributed by atoms with Crippen molar-refractivity contribution in [2.24, 2.45) is 0 Å². The second kappa shape index (κ2) is 9.71. The summed E-state index contributed by atoms with van der Waals surface area (Å²) in [5.74, 6) is 1.25. The number of nitrogens with zero attached hydrogens (tertiary/aromatic N) is 3. The average Bonchev–Trinajstić information content (AvgIpc) is 3.45. The maximum atomic E-state index is 11.9. The summed E-state index contributed by atoms with van der Waals surface area (Å²) in [5, 5.41) is 25.3. The number of alkyl carbamates (subject to hydrolysis) is 1. The normalized spacial score (nSPS) is 14.6. The molecule has 9 nitrogen and oxygen atoms in total. The number of hydrogen-bond donors (Lipinski definition) is 2. The van der Waals surface area contributed by atoms with Gasteiger partial charge >= 0.3 is 6.09 Å². The highest BCUT2D eigenvalue weighted by molar-refractivity contribution is 5.70. The quantitative estimate of drug-likeness (QED) is 0.559. The molecular weight excluding hydrogens is 424 g/mol. The third-order valence-electron chi connectivity index (χ3n) is 5.26. The van der Waals surface area contributed by atoms with Crippen molar-refractivity contribution in [1.82, 2.24) is 15.5 Å². The summed E-state index contributed by atoms with van der Waals surface area (Å²) in [4.78, 5) is 16.5. The van der Waals surface area contributed by atoms with Crippen molar-refractivity contribution >= 4 is 6.09 Å². The van der Waals surface area contributed by atoms with Crippen molar-refractivity contribution in [3.8, 4) is 34.7 Å². The van der Waals surface area contributed by atoms with Crippen LogP contribution in [0.5, 0.6) is 5.75 Å². The number of hydrogen-bond acceptors (Lipinski definition) is 8. The Morgan fingerprint density at radius 2 is 2.21 bits per heavy atom. The smallest absolute Gasteiger partial charge is 0.407 e. The summed E-state index contributed by atoms with van der Waals surface area (Å²) >= 11 is 0. The number of amides is 1. The summed E-state index contributed by atoms with van der Waals surface area (Å²) in [6.07, 6.45) is 0.842. The van der Waals surface area contributed by atoms with Crippen LogP contribution in [0.15, 0.2) is 40.9 Å². The van der Waals surface area contributed by atoms with Crippen molar-refractivity contribution in [2.75, 3.05) is 13.2 Å². The first-order valence-electron chi connectivity index (χ1n) is 10.7. The molecule has 0 spiro atoms. The molecule has 1 heterocycles. The first-order valence-corrected chi connectivity index (χ1v) is 10.7.